The van der Waals surface area contributed by atoms with E-state index in [-0.39, 0.29) is 5.96 Å². The third-order valence-corrected chi connectivity index (χ3v) is 6.19. The third-order valence-electron chi connectivity index (χ3n) is 6.19. The zero-order chi connectivity index (χ0) is 23.2. The lowest BCUT2D eigenvalue weighted by molar-refractivity contribution is 0.260. The summed E-state index contributed by atoms with van der Waals surface area (Å²) in [7, 11) is 1.66. The predicted octanol–water partition coefficient (Wildman–Crippen LogP) is 3.90. The van der Waals surface area contributed by atoms with Gasteiger partial charge < -0.3 is 21.1 Å². The largest absolute Gasteiger partial charge is 0.497 e. The quantitative estimate of drug-likeness (QED) is 0.321. The molecule has 8 nitrogen and oxygen atoms in total. The number of nitrogens with zero attached hydrogens (tertiary/aromatic N) is 3. The number of ether oxygens (including phenoxy) is 1. The van der Waals surface area contributed by atoms with Crippen molar-refractivity contribution in [2.24, 2.45) is 17.6 Å². The summed E-state index contributed by atoms with van der Waals surface area (Å²) in [5, 5.41) is 15.0. The molecule has 1 saturated carbocycles. The molecule has 0 amide bonds. The molecule has 1 fully saturated rings. The Morgan fingerprint density at radius 2 is 2.09 bits per heavy atom. The molecule has 1 aliphatic rings. The molecule has 2 aromatic heterocycles. The van der Waals surface area contributed by atoms with Crippen molar-refractivity contribution in [2.45, 2.75) is 32.2 Å². The molecule has 0 saturated heterocycles. The van der Waals surface area contributed by atoms with Gasteiger partial charge in [-0.3, -0.25) is 10.4 Å². The van der Waals surface area contributed by atoms with Crippen molar-refractivity contribution in [2.75, 3.05) is 19.0 Å². The molecule has 3 atom stereocenters. The first-order valence-corrected chi connectivity index (χ1v) is 11.3. The maximum Gasteiger partial charge on any atom is 0.185 e. The number of methoxy groups -OCH3 is 1. The first-order chi connectivity index (χ1) is 16.0. The summed E-state index contributed by atoms with van der Waals surface area (Å²) in [4.78, 5) is 13.9. The highest BCUT2D eigenvalue weighted by Gasteiger charge is 2.28. The van der Waals surface area contributed by atoms with Crippen LogP contribution in [-0.2, 0) is 0 Å². The highest BCUT2D eigenvalue weighted by molar-refractivity contribution is 5.91. The van der Waals surface area contributed by atoms with Crippen LogP contribution in [0.4, 0.5) is 5.82 Å². The van der Waals surface area contributed by atoms with E-state index in [1.807, 2.05) is 48.6 Å². The van der Waals surface area contributed by atoms with Crippen LogP contribution in [0.3, 0.4) is 0 Å². The third kappa shape index (κ3) is 5.77. The van der Waals surface area contributed by atoms with Gasteiger partial charge in [-0.25, -0.2) is 9.97 Å². The van der Waals surface area contributed by atoms with E-state index in [2.05, 4.69) is 22.5 Å². The Kier molecular flexibility index (Phi) is 7.02. The summed E-state index contributed by atoms with van der Waals surface area (Å²) < 4.78 is 5.44. The molecular formula is C25H31N7O. The van der Waals surface area contributed by atoms with E-state index in [9.17, 15) is 0 Å². The topological polar surface area (TPSA) is 122 Å². The van der Waals surface area contributed by atoms with Crippen LogP contribution in [0.25, 0.3) is 23.1 Å². The van der Waals surface area contributed by atoms with Gasteiger partial charge in [0.05, 0.1) is 18.3 Å². The number of nitrogens with two attached hydrogens (primary N) is 1. The highest BCUT2D eigenvalue weighted by Crippen LogP contribution is 2.33. The molecule has 5 N–H and O–H groups in total. The van der Waals surface area contributed by atoms with E-state index in [4.69, 9.17) is 25.8 Å². The number of rotatable bonds is 7. The molecule has 0 spiro atoms. The molecule has 1 aromatic carbocycles. The van der Waals surface area contributed by atoms with Gasteiger partial charge >= 0.3 is 0 Å². The van der Waals surface area contributed by atoms with Gasteiger partial charge in [-0.1, -0.05) is 13.0 Å². The van der Waals surface area contributed by atoms with Gasteiger partial charge in [-0.15, -0.1) is 0 Å². The van der Waals surface area contributed by atoms with Gasteiger partial charge in [0.15, 0.2) is 11.8 Å². The van der Waals surface area contributed by atoms with Gasteiger partial charge in [0.1, 0.15) is 11.6 Å². The van der Waals surface area contributed by atoms with Crippen molar-refractivity contribution in [3.63, 3.8) is 0 Å². The Morgan fingerprint density at radius 1 is 1.21 bits per heavy atom. The van der Waals surface area contributed by atoms with E-state index in [0.717, 1.165) is 54.0 Å². The fourth-order valence-electron chi connectivity index (χ4n) is 4.41. The molecule has 8 heteroatoms. The zero-order valence-corrected chi connectivity index (χ0v) is 19.1. The number of hydrogen-bond donors (Lipinski definition) is 4. The Bertz CT molecular complexity index is 1130. The number of anilines is 1. The van der Waals surface area contributed by atoms with E-state index >= 15 is 0 Å². The predicted molar refractivity (Wildman–Crippen MR) is 133 cm³/mol. The molecule has 2 heterocycles. The van der Waals surface area contributed by atoms with Gasteiger partial charge in [0.25, 0.3) is 0 Å². The number of fused-ring (bicyclic) bond motifs is 1. The summed E-state index contributed by atoms with van der Waals surface area (Å²) >= 11 is 0. The fourth-order valence-corrected chi connectivity index (χ4v) is 4.41. The van der Waals surface area contributed by atoms with Crippen molar-refractivity contribution < 1.29 is 4.74 Å². The van der Waals surface area contributed by atoms with E-state index in [0.29, 0.717) is 23.7 Å². The van der Waals surface area contributed by atoms with Crippen LogP contribution in [0.5, 0.6) is 5.75 Å². The standard InChI is InChI=1S/C25H31N7O/c1-16-13-17(15-29-25(26)27)6-9-21(16)31-24-20-14-19(33-2)8-10-22(20)30-23(32-24)11-7-18-5-3-4-12-28-18/h3-5,7-8,10-12,14,16-17,21H,6,9,13,15H2,1-2H3,(H4,26,27,29)(H,30,31,32)/t16-,17-,21+/m0/s1. The van der Waals surface area contributed by atoms with Crippen molar-refractivity contribution in [3.8, 4) is 5.75 Å². The van der Waals surface area contributed by atoms with Gasteiger partial charge in [-0.05, 0) is 73.6 Å². The fraction of sp³-hybridized carbons (Fsp3) is 0.360. The minimum atomic E-state index is 0.0376. The molecular weight excluding hydrogens is 414 g/mol. The summed E-state index contributed by atoms with van der Waals surface area (Å²) in [5.41, 5.74) is 7.17. The highest BCUT2D eigenvalue weighted by atomic mass is 16.5. The van der Waals surface area contributed by atoms with Crippen LogP contribution in [0.1, 0.15) is 37.7 Å². The Labute approximate surface area is 194 Å². The monoisotopic (exact) mass is 445 g/mol. The van der Waals surface area contributed by atoms with Gasteiger partial charge in [-0.2, -0.15) is 0 Å². The summed E-state index contributed by atoms with van der Waals surface area (Å²) in [6, 6.07) is 12.0. The summed E-state index contributed by atoms with van der Waals surface area (Å²) in [6.07, 6.45) is 8.75. The maximum atomic E-state index is 7.39. The van der Waals surface area contributed by atoms with Crippen molar-refractivity contribution in [1.82, 2.24) is 20.3 Å². The molecule has 0 radical (unpaired) electrons. The van der Waals surface area contributed by atoms with Crippen LogP contribution >= 0.6 is 0 Å². The molecule has 3 aromatic rings. The normalized spacial score (nSPS) is 20.6. The van der Waals surface area contributed by atoms with Crippen LogP contribution in [0.15, 0.2) is 42.6 Å². The molecule has 0 unspecified atom stereocenters. The minimum Gasteiger partial charge on any atom is -0.497 e. The second-order valence-electron chi connectivity index (χ2n) is 8.60. The Hall–Kier alpha value is -3.68. The first kappa shape index (κ1) is 22.5. The van der Waals surface area contributed by atoms with Gasteiger partial charge in [0.2, 0.25) is 0 Å². The molecule has 33 heavy (non-hydrogen) atoms. The number of guanidine groups is 1. The summed E-state index contributed by atoms with van der Waals surface area (Å²) in [6.45, 7) is 3.02. The minimum absolute atomic E-state index is 0.0376. The SMILES string of the molecule is COc1ccc2nc(C=Cc3ccccn3)nc(N[C@@H]3CC[C@H](CNC(=N)N)C[C@@H]3C)c2c1. The Balaban J connectivity index is 1.58. The number of aromatic nitrogens is 3. The first-order valence-electron chi connectivity index (χ1n) is 11.3. The number of nitrogens with one attached hydrogen (secondary N) is 3. The Morgan fingerprint density at radius 3 is 2.82 bits per heavy atom. The lowest BCUT2D eigenvalue weighted by Gasteiger charge is -2.35. The van der Waals surface area contributed by atoms with Crippen molar-refractivity contribution in [1.29, 1.82) is 5.41 Å². The van der Waals surface area contributed by atoms with Crippen molar-refractivity contribution in [3.05, 3.63) is 54.1 Å². The molecule has 0 bridgehead atoms. The number of benzene rings is 1. The van der Waals surface area contributed by atoms with Crippen LogP contribution in [0.2, 0.25) is 0 Å². The lowest BCUT2D eigenvalue weighted by atomic mass is 9.79. The average Bonchev–Trinajstić information content (AvgIpc) is 2.83. The smallest absolute Gasteiger partial charge is 0.185 e. The second kappa shape index (κ2) is 10.3. The molecule has 0 aliphatic heterocycles. The van der Waals surface area contributed by atoms with Crippen LogP contribution < -0.4 is 21.1 Å². The van der Waals surface area contributed by atoms with Gasteiger partial charge in [0, 0.05) is 24.2 Å². The van der Waals surface area contributed by atoms with Crippen molar-refractivity contribution >= 4 is 34.8 Å². The number of hydrogen-bond acceptors (Lipinski definition) is 6. The van der Waals surface area contributed by atoms with Crippen LogP contribution in [-0.4, -0.2) is 40.6 Å². The lowest BCUT2D eigenvalue weighted by Crippen LogP contribution is -2.40. The summed E-state index contributed by atoms with van der Waals surface area (Å²) in [5.74, 6) is 3.24. The average molecular weight is 446 g/mol. The van der Waals surface area contributed by atoms with E-state index < -0.39 is 0 Å². The van der Waals surface area contributed by atoms with E-state index in [1.165, 1.54) is 0 Å². The molecule has 1 aliphatic carbocycles. The van der Waals surface area contributed by atoms with Crippen LogP contribution in [0, 0.1) is 17.2 Å². The maximum absolute atomic E-state index is 7.39. The van der Waals surface area contributed by atoms with E-state index in [1.54, 1.807) is 13.3 Å². The second-order valence-corrected chi connectivity index (χ2v) is 8.60. The zero-order valence-electron chi connectivity index (χ0n) is 19.1. The number of pyridine rings is 1. The molecule has 4 rings (SSSR count). The molecule has 172 valence electrons.